The monoisotopic (exact) mass is 868 g/mol. The van der Waals surface area contributed by atoms with E-state index in [4.69, 9.17) is 0 Å². The van der Waals surface area contributed by atoms with Crippen molar-refractivity contribution in [3.63, 3.8) is 0 Å². The minimum absolute atomic E-state index is 0.0138. The number of anilines is 9. The van der Waals surface area contributed by atoms with E-state index in [2.05, 4.69) is 270 Å². The Hall–Kier alpha value is -8.54. The number of nitrogens with zero attached hydrogens (tertiary/aromatic N) is 4. The second-order valence-corrected chi connectivity index (χ2v) is 18.9. The second-order valence-electron chi connectivity index (χ2n) is 18.9. The third-order valence-corrected chi connectivity index (χ3v) is 14.9. The fraction of sp³-hybridized carbons (Fsp3) is 0.0476. The Morgan fingerprint density at radius 3 is 1.76 bits per heavy atom. The summed E-state index contributed by atoms with van der Waals surface area (Å²) < 4.78 is 2.40. The summed E-state index contributed by atoms with van der Waals surface area (Å²) in [6.07, 6.45) is 0. The highest BCUT2D eigenvalue weighted by Gasteiger charge is 2.45. The summed E-state index contributed by atoms with van der Waals surface area (Å²) in [6.45, 7) is 4.75. The molecule has 0 atom stereocenters. The molecular weight excluding hydrogens is 824 g/mol. The lowest BCUT2D eigenvalue weighted by Crippen LogP contribution is -2.61. The Labute approximate surface area is 397 Å². The van der Waals surface area contributed by atoms with Gasteiger partial charge in [-0.25, -0.2) is 0 Å². The van der Waals surface area contributed by atoms with Gasteiger partial charge in [0, 0.05) is 72.9 Å². The SMILES string of the molecule is CC1(C)c2ccccc2-c2c(N3c4cc(N(c5ccccc5)c5ccccc5)ccc4B4c5ccccc5N(c5ccc6c(c5)c5ccccc5n6-c5ccccc5)c5cccc3c54)cccc21. The van der Waals surface area contributed by atoms with Crippen molar-refractivity contribution < 1.29 is 0 Å². The van der Waals surface area contributed by atoms with Crippen LogP contribution >= 0.6 is 0 Å². The number of fused-ring (bicyclic) bond motifs is 10. The van der Waals surface area contributed by atoms with E-state index in [1.165, 1.54) is 88.9 Å². The van der Waals surface area contributed by atoms with Crippen LogP contribution in [0, 0.1) is 0 Å². The van der Waals surface area contributed by atoms with Gasteiger partial charge in [0.2, 0.25) is 0 Å². The minimum Gasteiger partial charge on any atom is -0.311 e. The largest absolute Gasteiger partial charge is 0.311 e. The van der Waals surface area contributed by atoms with E-state index in [-0.39, 0.29) is 12.1 Å². The smallest absolute Gasteiger partial charge is 0.252 e. The molecule has 320 valence electrons. The van der Waals surface area contributed by atoms with E-state index < -0.39 is 0 Å². The summed E-state index contributed by atoms with van der Waals surface area (Å²) in [6, 6.07) is 87.4. The molecule has 0 spiro atoms. The maximum Gasteiger partial charge on any atom is 0.252 e. The van der Waals surface area contributed by atoms with Crippen molar-refractivity contribution in [3.8, 4) is 16.8 Å². The van der Waals surface area contributed by atoms with Gasteiger partial charge in [-0.15, -0.1) is 0 Å². The van der Waals surface area contributed by atoms with Crippen LogP contribution in [0.1, 0.15) is 25.0 Å². The number of aromatic nitrogens is 1. The summed E-state index contributed by atoms with van der Waals surface area (Å²) in [5.41, 5.74) is 23.0. The third kappa shape index (κ3) is 5.50. The van der Waals surface area contributed by atoms with Crippen molar-refractivity contribution in [1.82, 2.24) is 4.57 Å². The quantitative estimate of drug-likeness (QED) is 0.155. The van der Waals surface area contributed by atoms with Crippen molar-refractivity contribution in [1.29, 1.82) is 0 Å². The summed E-state index contributed by atoms with van der Waals surface area (Å²) in [5.74, 6) is 0. The van der Waals surface area contributed by atoms with Crippen molar-refractivity contribution in [3.05, 3.63) is 248 Å². The Kier molecular flexibility index (Phi) is 8.39. The van der Waals surface area contributed by atoms with E-state index in [0.717, 1.165) is 28.4 Å². The third-order valence-electron chi connectivity index (χ3n) is 14.9. The first-order valence-electron chi connectivity index (χ1n) is 23.7. The Morgan fingerprint density at radius 1 is 0.382 bits per heavy atom. The fourth-order valence-corrected chi connectivity index (χ4v) is 12.0. The molecule has 3 heterocycles. The number of hydrogen-bond donors (Lipinski definition) is 0. The van der Waals surface area contributed by atoms with Gasteiger partial charge >= 0.3 is 0 Å². The molecule has 14 rings (SSSR count). The van der Waals surface area contributed by atoms with Gasteiger partial charge in [-0.05, 0) is 130 Å². The van der Waals surface area contributed by atoms with E-state index >= 15 is 0 Å². The van der Waals surface area contributed by atoms with Crippen LogP contribution in [0.3, 0.4) is 0 Å². The molecule has 1 aliphatic carbocycles. The lowest BCUT2D eigenvalue weighted by Gasteiger charge is -2.44. The molecule has 68 heavy (non-hydrogen) atoms. The minimum atomic E-state index is -0.156. The molecule has 0 amide bonds. The van der Waals surface area contributed by atoms with Gasteiger partial charge in [0.05, 0.1) is 16.7 Å². The van der Waals surface area contributed by atoms with Crippen LogP contribution in [0.25, 0.3) is 38.6 Å². The highest BCUT2D eigenvalue weighted by atomic mass is 15.2. The second kappa shape index (κ2) is 14.7. The number of hydrogen-bond acceptors (Lipinski definition) is 3. The maximum atomic E-state index is 2.60. The zero-order chi connectivity index (χ0) is 45.1. The zero-order valence-electron chi connectivity index (χ0n) is 37.9. The van der Waals surface area contributed by atoms with Gasteiger partial charge in [0.25, 0.3) is 6.71 Å². The van der Waals surface area contributed by atoms with Crippen molar-refractivity contribution in [2.24, 2.45) is 0 Å². The zero-order valence-corrected chi connectivity index (χ0v) is 37.9. The normalized spacial score (nSPS) is 13.8. The summed E-state index contributed by atoms with van der Waals surface area (Å²) in [5, 5.41) is 2.47. The predicted molar refractivity (Wildman–Crippen MR) is 287 cm³/mol. The van der Waals surface area contributed by atoms with Gasteiger partial charge in [0.15, 0.2) is 0 Å². The molecule has 10 aromatic carbocycles. The first-order valence-corrected chi connectivity index (χ1v) is 23.7. The average molecular weight is 869 g/mol. The molecule has 4 nitrogen and oxygen atoms in total. The molecule has 1 aromatic heterocycles. The molecule has 0 N–H and O–H groups in total. The molecule has 0 fully saturated rings. The van der Waals surface area contributed by atoms with Crippen molar-refractivity contribution in [2.45, 2.75) is 19.3 Å². The van der Waals surface area contributed by atoms with E-state index in [1.807, 2.05) is 0 Å². The molecule has 0 saturated carbocycles. The molecule has 0 radical (unpaired) electrons. The first kappa shape index (κ1) is 38.7. The van der Waals surface area contributed by atoms with Gasteiger partial charge in [-0.1, -0.05) is 153 Å². The van der Waals surface area contributed by atoms with Crippen LogP contribution < -0.4 is 31.1 Å². The number of para-hydroxylation sites is 5. The van der Waals surface area contributed by atoms with E-state index in [0.29, 0.717) is 0 Å². The summed E-state index contributed by atoms with van der Waals surface area (Å²) >= 11 is 0. The molecule has 5 heteroatoms. The summed E-state index contributed by atoms with van der Waals surface area (Å²) in [4.78, 5) is 7.51. The fourth-order valence-electron chi connectivity index (χ4n) is 12.0. The average Bonchev–Trinajstić information content (AvgIpc) is 3.85. The Bertz CT molecular complexity index is 3760. The van der Waals surface area contributed by atoms with Crippen LogP contribution in [0.5, 0.6) is 0 Å². The Balaban J connectivity index is 1.03. The first-order chi connectivity index (χ1) is 33.5. The molecule has 0 bridgehead atoms. The van der Waals surface area contributed by atoms with Crippen LogP contribution in [0.2, 0.25) is 0 Å². The lowest BCUT2D eigenvalue weighted by atomic mass is 9.33. The molecule has 11 aromatic rings. The van der Waals surface area contributed by atoms with Gasteiger partial charge in [0.1, 0.15) is 0 Å². The Morgan fingerprint density at radius 2 is 0.971 bits per heavy atom. The highest BCUT2D eigenvalue weighted by Crippen LogP contribution is 2.55. The van der Waals surface area contributed by atoms with Crippen LogP contribution in [-0.4, -0.2) is 11.3 Å². The van der Waals surface area contributed by atoms with Crippen LogP contribution in [0.15, 0.2) is 237 Å². The summed E-state index contributed by atoms with van der Waals surface area (Å²) in [7, 11) is 0. The predicted octanol–water partition coefficient (Wildman–Crippen LogP) is 14.6. The topological polar surface area (TPSA) is 14.7 Å². The van der Waals surface area contributed by atoms with Crippen LogP contribution in [-0.2, 0) is 5.41 Å². The number of rotatable bonds is 6. The standard InChI is InChI=1S/C63H45BN4/c1-63(2)50-28-14-12-27-48(50)61-51(63)29-18-33-57(61)68-59-35-19-34-58-62(59)64(53-38-36-46(41-60(53)68)65(42-20-6-3-7-21-42)43-22-8-4-9-23-43)52-30-15-17-32-56(52)67(58)45-37-39-55-49(40-45)47-26-13-16-31-54(47)66(55)44-24-10-5-11-25-44/h3-41H,1-2H3. The number of benzene rings is 10. The molecule has 3 aliphatic rings. The molecular formula is C63H45BN4. The van der Waals surface area contributed by atoms with Crippen molar-refractivity contribution in [2.75, 3.05) is 14.7 Å². The van der Waals surface area contributed by atoms with Gasteiger partial charge in [-0.3, -0.25) is 0 Å². The van der Waals surface area contributed by atoms with Crippen LogP contribution in [0.4, 0.5) is 51.2 Å². The van der Waals surface area contributed by atoms with E-state index in [9.17, 15) is 0 Å². The van der Waals surface area contributed by atoms with Gasteiger partial charge in [-0.2, -0.15) is 0 Å². The lowest BCUT2D eigenvalue weighted by molar-refractivity contribution is 0.660. The van der Waals surface area contributed by atoms with E-state index in [1.54, 1.807) is 0 Å². The van der Waals surface area contributed by atoms with Gasteiger partial charge < -0.3 is 19.3 Å². The highest BCUT2D eigenvalue weighted by molar-refractivity contribution is 7.00. The van der Waals surface area contributed by atoms with Crippen molar-refractivity contribution >= 4 is 96.1 Å². The molecule has 0 saturated heterocycles. The maximum absolute atomic E-state index is 2.60. The molecule has 2 aliphatic heterocycles. The molecule has 0 unspecified atom stereocenters.